The molecule has 0 radical (unpaired) electrons. The highest BCUT2D eigenvalue weighted by Crippen LogP contribution is 2.43. The van der Waals surface area contributed by atoms with Crippen LogP contribution in [0.25, 0.3) is 10.6 Å². The molecule has 2 fully saturated rings. The number of methoxy groups -OCH3 is 1. The molecule has 45 heavy (non-hydrogen) atoms. The van der Waals surface area contributed by atoms with Gasteiger partial charge in [-0.2, -0.15) is 4.98 Å². The molecule has 3 aliphatic rings. The molecule has 2 aromatic carbocycles. The van der Waals surface area contributed by atoms with E-state index in [2.05, 4.69) is 44.2 Å². The molecule has 0 spiro atoms. The van der Waals surface area contributed by atoms with Crippen LogP contribution in [-0.2, 0) is 0 Å². The number of carbonyl (C=O) groups is 1. The van der Waals surface area contributed by atoms with Crippen molar-refractivity contribution in [3.8, 4) is 16.3 Å². The van der Waals surface area contributed by atoms with Gasteiger partial charge in [-0.15, -0.1) is 0 Å². The zero-order valence-electron chi connectivity index (χ0n) is 26.2. The Balaban J connectivity index is 1.09. The third kappa shape index (κ3) is 5.69. The van der Waals surface area contributed by atoms with Crippen LogP contribution in [0, 0.1) is 0 Å². The number of aromatic nitrogens is 3. The monoisotopic (exact) mass is 625 g/mol. The van der Waals surface area contributed by atoms with Gasteiger partial charge in [-0.05, 0) is 32.0 Å². The molecule has 0 bridgehead atoms. The van der Waals surface area contributed by atoms with Gasteiger partial charge in [0.15, 0.2) is 11.5 Å². The Morgan fingerprint density at radius 3 is 2.40 bits per heavy atom. The normalized spacial score (nSPS) is 18.0. The molecule has 0 unspecified atom stereocenters. The SMILES string of the molecule is COc1cc(N2CCC(N3CCN(C)CC3)CC2)ccc1Nc1ncc2c(n1)N(C)c1sc(-c3ccccc3)nc1C(=O)N2C. The number of rotatable bonds is 6. The van der Waals surface area contributed by atoms with Gasteiger partial charge in [0.25, 0.3) is 5.91 Å². The fourth-order valence-corrected chi connectivity index (χ4v) is 7.46. The van der Waals surface area contributed by atoms with Crippen molar-refractivity contribution in [2.75, 3.05) is 87.5 Å². The largest absolute Gasteiger partial charge is 0.494 e. The second-order valence-electron chi connectivity index (χ2n) is 11.9. The number of amides is 1. The quantitative estimate of drug-likeness (QED) is 0.318. The summed E-state index contributed by atoms with van der Waals surface area (Å²) in [5.74, 6) is 1.56. The number of ether oxygens (including phenoxy) is 1. The van der Waals surface area contributed by atoms with E-state index in [1.54, 1.807) is 25.3 Å². The molecule has 1 N–H and O–H groups in total. The Labute approximate surface area is 268 Å². The van der Waals surface area contributed by atoms with Crippen molar-refractivity contribution in [2.45, 2.75) is 18.9 Å². The molecule has 0 aliphatic carbocycles. The Bertz CT molecular complexity index is 1680. The summed E-state index contributed by atoms with van der Waals surface area (Å²) in [5, 5.41) is 4.89. The number of hydrogen-bond acceptors (Lipinski definition) is 11. The second kappa shape index (κ2) is 12.3. The minimum Gasteiger partial charge on any atom is -0.494 e. The Hall–Kier alpha value is -4.26. The van der Waals surface area contributed by atoms with Crippen molar-refractivity contribution in [1.29, 1.82) is 0 Å². The van der Waals surface area contributed by atoms with Gasteiger partial charge < -0.3 is 29.7 Å². The first-order valence-corrected chi connectivity index (χ1v) is 16.3. The van der Waals surface area contributed by atoms with Crippen molar-refractivity contribution < 1.29 is 9.53 Å². The average Bonchev–Trinajstić information content (AvgIpc) is 3.52. The minimum atomic E-state index is -0.192. The summed E-state index contributed by atoms with van der Waals surface area (Å²) in [6.07, 6.45) is 4.03. The van der Waals surface area contributed by atoms with E-state index in [0.29, 0.717) is 29.2 Å². The number of likely N-dealkylation sites (N-methyl/N-ethyl adjacent to an activating group) is 1. The summed E-state index contributed by atoms with van der Waals surface area (Å²) >= 11 is 1.48. The van der Waals surface area contributed by atoms with Crippen LogP contribution >= 0.6 is 11.3 Å². The topological polar surface area (TPSA) is 93.2 Å². The van der Waals surface area contributed by atoms with Gasteiger partial charge in [0.05, 0.1) is 19.0 Å². The highest BCUT2D eigenvalue weighted by molar-refractivity contribution is 7.19. The molecule has 11 nitrogen and oxygen atoms in total. The maximum Gasteiger partial charge on any atom is 0.279 e. The fourth-order valence-electron chi connectivity index (χ4n) is 6.43. The highest BCUT2D eigenvalue weighted by Gasteiger charge is 2.33. The summed E-state index contributed by atoms with van der Waals surface area (Å²) in [4.78, 5) is 38.7. The van der Waals surface area contributed by atoms with Crippen molar-refractivity contribution in [3.63, 3.8) is 0 Å². The first-order valence-electron chi connectivity index (χ1n) is 15.5. The summed E-state index contributed by atoms with van der Waals surface area (Å²) < 4.78 is 5.82. The van der Waals surface area contributed by atoms with Crippen LogP contribution < -0.4 is 24.8 Å². The van der Waals surface area contributed by atoms with E-state index >= 15 is 0 Å². The molecule has 2 saturated heterocycles. The predicted octanol–water partition coefficient (Wildman–Crippen LogP) is 4.93. The highest BCUT2D eigenvalue weighted by atomic mass is 32.1. The molecule has 234 valence electrons. The molecular weight excluding hydrogens is 586 g/mol. The second-order valence-corrected chi connectivity index (χ2v) is 12.9. The summed E-state index contributed by atoms with van der Waals surface area (Å²) in [7, 11) is 7.54. The van der Waals surface area contributed by atoms with Gasteiger partial charge in [0.1, 0.15) is 21.4 Å². The maximum atomic E-state index is 13.5. The van der Waals surface area contributed by atoms with Crippen molar-refractivity contribution in [2.24, 2.45) is 0 Å². The van der Waals surface area contributed by atoms with Crippen molar-refractivity contribution >= 4 is 51.1 Å². The van der Waals surface area contributed by atoms with Crippen LogP contribution in [0.3, 0.4) is 0 Å². The van der Waals surface area contributed by atoms with Crippen LogP contribution in [-0.4, -0.2) is 104 Å². The van der Waals surface area contributed by atoms with Gasteiger partial charge in [-0.25, -0.2) is 9.97 Å². The number of anilines is 6. The van der Waals surface area contributed by atoms with Gasteiger partial charge in [-0.1, -0.05) is 41.7 Å². The Kier molecular flexibility index (Phi) is 8.03. The number of nitrogens with one attached hydrogen (secondary N) is 1. The van der Waals surface area contributed by atoms with Gasteiger partial charge in [0, 0.05) is 76.7 Å². The standard InChI is InChI=1S/C33H39N9O2S/c1-38-16-18-42(19-17-38)23-12-14-41(15-13-23)24-10-11-25(27(20-24)44-4)35-33-34-21-26-29(37-33)40(3)32-28(31(43)39(26)2)36-30(45-32)22-8-6-5-7-9-22/h5-11,20-21,23H,12-19H2,1-4H3,(H,34,35,37). The van der Waals surface area contributed by atoms with Crippen LogP contribution in [0.4, 0.5) is 33.8 Å². The van der Waals surface area contributed by atoms with Gasteiger partial charge in [-0.3, -0.25) is 9.69 Å². The lowest BCUT2D eigenvalue weighted by Gasteiger charge is -2.42. The lowest BCUT2D eigenvalue weighted by Crippen LogP contribution is -2.52. The predicted molar refractivity (Wildman–Crippen MR) is 181 cm³/mol. The Morgan fingerprint density at radius 2 is 1.67 bits per heavy atom. The van der Waals surface area contributed by atoms with Gasteiger partial charge in [0.2, 0.25) is 5.95 Å². The number of carbonyl (C=O) groups excluding carboxylic acids is 1. The zero-order valence-corrected chi connectivity index (χ0v) is 27.0. The zero-order chi connectivity index (χ0) is 31.1. The Morgan fingerprint density at radius 1 is 0.911 bits per heavy atom. The maximum absolute atomic E-state index is 13.5. The lowest BCUT2D eigenvalue weighted by atomic mass is 10.0. The molecule has 2 aromatic heterocycles. The summed E-state index contributed by atoms with van der Waals surface area (Å²) in [5.41, 5.74) is 3.92. The minimum absolute atomic E-state index is 0.192. The van der Waals surface area contributed by atoms with Crippen LogP contribution in [0.2, 0.25) is 0 Å². The van der Waals surface area contributed by atoms with E-state index in [4.69, 9.17) is 14.7 Å². The number of piperidine rings is 1. The third-order valence-electron chi connectivity index (χ3n) is 9.19. The third-order valence-corrected chi connectivity index (χ3v) is 10.4. The summed E-state index contributed by atoms with van der Waals surface area (Å²) in [6.45, 7) is 6.72. The van der Waals surface area contributed by atoms with Crippen LogP contribution in [0.5, 0.6) is 5.75 Å². The first-order chi connectivity index (χ1) is 21.9. The number of nitrogens with zero attached hydrogens (tertiary/aromatic N) is 8. The number of fused-ring (bicyclic) bond motifs is 2. The molecular formula is C33H39N9O2S. The number of benzene rings is 2. The average molecular weight is 626 g/mol. The fraction of sp³-hybridized carbons (Fsp3) is 0.394. The summed E-state index contributed by atoms with van der Waals surface area (Å²) in [6, 6.07) is 16.8. The number of hydrogen-bond donors (Lipinski definition) is 1. The molecule has 4 aromatic rings. The van der Waals surface area contributed by atoms with E-state index in [0.717, 1.165) is 58.9 Å². The number of piperazine rings is 1. The first kappa shape index (κ1) is 29.5. The molecule has 5 heterocycles. The number of thiazole rings is 1. The smallest absolute Gasteiger partial charge is 0.279 e. The van der Waals surface area contributed by atoms with E-state index in [-0.39, 0.29) is 5.91 Å². The molecule has 0 atom stereocenters. The van der Waals surface area contributed by atoms with Crippen LogP contribution in [0.15, 0.2) is 54.7 Å². The van der Waals surface area contributed by atoms with Crippen molar-refractivity contribution in [1.82, 2.24) is 24.8 Å². The van der Waals surface area contributed by atoms with Gasteiger partial charge >= 0.3 is 0 Å². The molecule has 12 heteroatoms. The van der Waals surface area contributed by atoms with E-state index < -0.39 is 0 Å². The molecule has 0 saturated carbocycles. The van der Waals surface area contributed by atoms with Crippen molar-refractivity contribution in [3.05, 3.63) is 60.4 Å². The van der Waals surface area contributed by atoms with Crippen LogP contribution in [0.1, 0.15) is 23.3 Å². The van der Waals surface area contributed by atoms with E-state index in [1.165, 1.54) is 37.3 Å². The molecule has 3 aliphatic heterocycles. The van der Waals surface area contributed by atoms with E-state index in [9.17, 15) is 4.79 Å². The lowest BCUT2D eigenvalue weighted by molar-refractivity contribution is 0.0982. The molecule has 1 amide bonds. The van der Waals surface area contributed by atoms with E-state index in [1.807, 2.05) is 48.3 Å². The molecule has 7 rings (SSSR count).